The second-order valence-corrected chi connectivity index (χ2v) is 7.55. The molecule has 22 heavy (non-hydrogen) atoms. The highest BCUT2D eigenvalue weighted by atomic mass is 35.5. The van der Waals surface area contributed by atoms with Crippen LogP contribution in [0.5, 0.6) is 0 Å². The number of hydrogen-bond donors (Lipinski definition) is 0. The third-order valence-corrected chi connectivity index (χ3v) is 4.64. The first kappa shape index (κ1) is 17.3. The van der Waals surface area contributed by atoms with Crippen molar-refractivity contribution in [2.24, 2.45) is 5.92 Å². The molecule has 1 aromatic carbocycles. The lowest BCUT2D eigenvalue weighted by Gasteiger charge is -2.39. The third kappa shape index (κ3) is 4.02. The number of piperazine rings is 1. The molecule has 4 heteroatoms. The Morgan fingerprint density at radius 1 is 1.14 bits per heavy atom. The average Bonchev–Trinajstić information content (AvgIpc) is 2.47. The summed E-state index contributed by atoms with van der Waals surface area (Å²) in [5, 5.41) is 0.703. The molecular weight excluding hydrogens is 296 g/mol. The fraction of sp³-hybridized carbons (Fsp3) is 0.611. The molecule has 1 aromatic rings. The van der Waals surface area contributed by atoms with E-state index in [0.29, 0.717) is 10.9 Å². The molecule has 0 aromatic heterocycles. The zero-order chi connectivity index (χ0) is 16.3. The van der Waals surface area contributed by atoms with Crippen molar-refractivity contribution in [2.75, 3.05) is 32.7 Å². The number of amides is 1. The van der Waals surface area contributed by atoms with Crippen LogP contribution in [0.15, 0.2) is 24.3 Å². The summed E-state index contributed by atoms with van der Waals surface area (Å²) < 4.78 is 0. The van der Waals surface area contributed by atoms with Gasteiger partial charge in [-0.25, -0.2) is 0 Å². The van der Waals surface area contributed by atoms with Gasteiger partial charge in [-0.2, -0.15) is 0 Å². The minimum Gasteiger partial charge on any atom is -0.339 e. The van der Waals surface area contributed by atoms with E-state index in [0.717, 1.165) is 38.3 Å². The summed E-state index contributed by atoms with van der Waals surface area (Å²) in [6, 6.07) is 7.61. The second-order valence-electron chi connectivity index (χ2n) is 7.12. The number of carbonyl (C=O) groups is 1. The molecule has 1 aliphatic rings. The first-order valence-electron chi connectivity index (χ1n) is 8.08. The topological polar surface area (TPSA) is 23.6 Å². The van der Waals surface area contributed by atoms with E-state index in [1.165, 1.54) is 0 Å². The van der Waals surface area contributed by atoms with Gasteiger partial charge in [0.1, 0.15) is 0 Å². The molecule has 1 saturated heterocycles. The number of nitrogens with zero attached hydrogens (tertiary/aromatic N) is 2. The van der Waals surface area contributed by atoms with Gasteiger partial charge in [-0.1, -0.05) is 37.6 Å². The van der Waals surface area contributed by atoms with Crippen LogP contribution in [-0.2, 0) is 10.2 Å². The van der Waals surface area contributed by atoms with Crippen LogP contribution in [0.1, 0.15) is 33.3 Å². The molecule has 122 valence electrons. The van der Waals surface area contributed by atoms with Gasteiger partial charge >= 0.3 is 0 Å². The Balaban J connectivity index is 2.01. The van der Waals surface area contributed by atoms with Gasteiger partial charge in [-0.15, -0.1) is 0 Å². The lowest BCUT2D eigenvalue weighted by Crippen LogP contribution is -2.53. The summed E-state index contributed by atoms with van der Waals surface area (Å²) in [6.07, 6.45) is 0. The Kier molecular flexibility index (Phi) is 5.51. The lowest BCUT2D eigenvalue weighted by atomic mass is 9.83. The van der Waals surface area contributed by atoms with E-state index in [4.69, 9.17) is 11.6 Å². The Morgan fingerprint density at radius 2 is 1.68 bits per heavy atom. The zero-order valence-electron chi connectivity index (χ0n) is 14.1. The normalized spacial score (nSPS) is 17.1. The van der Waals surface area contributed by atoms with Gasteiger partial charge < -0.3 is 4.90 Å². The Hall–Kier alpha value is -1.06. The van der Waals surface area contributed by atoms with Crippen molar-refractivity contribution in [3.05, 3.63) is 34.9 Å². The second kappa shape index (κ2) is 7.01. The molecule has 0 spiro atoms. The van der Waals surface area contributed by atoms with Gasteiger partial charge in [0.25, 0.3) is 0 Å². The molecule has 0 bridgehead atoms. The Bertz CT molecular complexity index is 502. The summed E-state index contributed by atoms with van der Waals surface area (Å²) in [5.41, 5.74) is 0.511. The first-order valence-corrected chi connectivity index (χ1v) is 8.46. The van der Waals surface area contributed by atoms with E-state index in [9.17, 15) is 4.79 Å². The molecule has 3 nitrogen and oxygen atoms in total. The molecular formula is C18H27ClN2O. The number of hydrogen-bond acceptors (Lipinski definition) is 2. The highest BCUT2D eigenvalue weighted by molar-refractivity contribution is 6.30. The monoisotopic (exact) mass is 322 g/mol. The Labute approximate surface area is 139 Å². The van der Waals surface area contributed by atoms with Crippen molar-refractivity contribution in [1.29, 1.82) is 0 Å². The van der Waals surface area contributed by atoms with Gasteiger partial charge in [-0.3, -0.25) is 9.69 Å². The van der Waals surface area contributed by atoms with E-state index >= 15 is 0 Å². The number of benzene rings is 1. The molecule has 0 unspecified atom stereocenters. The lowest BCUT2D eigenvalue weighted by molar-refractivity contribution is -0.138. The minimum absolute atomic E-state index is 0.207. The maximum Gasteiger partial charge on any atom is 0.232 e. The van der Waals surface area contributed by atoms with Gasteiger partial charge in [0.05, 0.1) is 5.41 Å². The summed E-state index contributed by atoms with van der Waals surface area (Å²) in [7, 11) is 0. The van der Waals surface area contributed by atoms with E-state index < -0.39 is 5.41 Å². The van der Waals surface area contributed by atoms with Crippen LogP contribution in [0, 0.1) is 5.92 Å². The van der Waals surface area contributed by atoms with Crippen LogP contribution in [-0.4, -0.2) is 48.4 Å². The van der Waals surface area contributed by atoms with Crippen molar-refractivity contribution >= 4 is 17.5 Å². The fourth-order valence-corrected chi connectivity index (χ4v) is 3.16. The van der Waals surface area contributed by atoms with Crippen LogP contribution in [0.4, 0.5) is 0 Å². The van der Waals surface area contributed by atoms with E-state index in [2.05, 4.69) is 18.7 Å². The predicted molar refractivity (Wildman–Crippen MR) is 92.3 cm³/mol. The first-order chi connectivity index (χ1) is 10.3. The van der Waals surface area contributed by atoms with Crippen molar-refractivity contribution < 1.29 is 4.79 Å². The SMILES string of the molecule is CC(C)CN1CCN(C(=O)C(C)(C)c2ccc(Cl)cc2)CC1. The van der Waals surface area contributed by atoms with Crippen molar-refractivity contribution in [1.82, 2.24) is 9.80 Å². The summed E-state index contributed by atoms with van der Waals surface area (Å²) in [4.78, 5) is 17.4. The maximum absolute atomic E-state index is 12.9. The molecule has 0 atom stereocenters. The van der Waals surface area contributed by atoms with Gasteiger partial charge in [0.15, 0.2) is 0 Å². The largest absolute Gasteiger partial charge is 0.339 e. The van der Waals surface area contributed by atoms with Crippen molar-refractivity contribution in [3.63, 3.8) is 0 Å². The molecule has 2 rings (SSSR count). The molecule has 1 aliphatic heterocycles. The molecule has 0 radical (unpaired) electrons. The highest BCUT2D eigenvalue weighted by Crippen LogP contribution is 2.27. The van der Waals surface area contributed by atoms with E-state index in [1.54, 1.807) is 0 Å². The molecule has 0 saturated carbocycles. The van der Waals surface area contributed by atoms with E-state index in [1.807, 2.05) is 43.0 Å². The van der Waals surface area contributed by atoms with Crippen LogP contribution < -0.4 is 0 Å². The van der Waals surface area contributed by atoms with Gasteiger partial charge in [0, 0.05) is 37.7 Å². The third-order valence-electron chi connectivity index (χ3n) is 4.38. The molecule has 1 amide bonds. The quantitative estimate of drug-likeness (QED) is 0.848. The number of halogens is 1. The Morgan fingerprint density at radius 3 is 2.18 bits per heavy atom. The van der Waals surface area contributed by atoms with Crippen molar-refractivity contribution in [2.45, 2.75) is 33.1 Å². The summed E-state index contributed by atoms with van der Waals surface area (Å²) >= 11 is 5.95. The number of carbonyl (C=O) groups excluding carboxylic acids is 1. The zero-order valence-corrected chi connectivity index (χ0v) is 14.9. The summed E-state index contributed by atoms with van der Waals surface area (Å²) in [5.74, 6) is 0.881. The average molecular weight is 323 g/mol. The standard InChI is InChI=1S/C18H27ClN2O/c1-14(2)13-20-9-11-21(12-10-20)17(22)18(3,4)15-5-7-16(19)8-6-15/h5-8,14H,9-13H2,1-4H3. The highest BCUT2D eigenvalue weighted by Gasteiger charge is 2.35. The summed E-state index contributed by atoms with van der Waals surface area (Å²) in [6.45, 7) is 13.2. The van der Waals surface area contributed by atoms with Crippen LogP contribution >= 0.6 is 11.6 Å². The molecule has 0 N–H and O–H groups in total. The van der Waals surface area contributed by atoms with Gasteiger partial charge in [0.2, 0.25) is 5.91 Å². The predicted octanol–water partition coefficient (Wildman–Crippen LogP) is 3.42. The van der Waals surface area contributed by atoms with Crippen LogP contribution in [0.2, 0.25) is 5.02 Å². The smallest absolute Gasteiger partial charge is 0.232 e. The number of rotatable bonds is 4. The fourth-order valence-electron chi connectivity index (χ4n) is 3.04. The van der Waals surface area contributed by atoms with Crippen LogP contribution in [0.25, 0.3) is 0 Å². The van der Waals surface area contributed by atoms with Crippen molar-refractivity contribution in [3.8, 4) is 0 Å². The van der Waals surface area contributed by atoms with Crippen LogP contribution in [0.3, 0.4) is 0 Å². The van der Waals surface area contributed by atoms with E-state index in [-0.39, 0.29) is 5.91 Å². The molecule has 1 fully saturated rings. The molecule has 0 aliphatic carbocycles. The molecule has 1 heterocycles. The minimum atomic E-state index is -0.509. The van der Waals surface area contributed by atoms with Gasteiger partial charge in [-0.05, 0) is 37.5 Å². The maximum atomic E-state index is 12.9.